The molecule has 0 saturated carbocycles. The van der Waals surface area contributed by atoms with E-state index in [9.17, 15) is 14.7 Å². The number of carbonyl (C=O) groups is 2. The van der Waals surface area contributed by atoms with Crippen LogP contribution in [0.25, 0.3) is 6.08 Å². The van der Waals surface area contributed by atoms with E-state index in [1.165, 1.54) is 6.08 Å². The number of hydrogen-bond donors (Lipinski definition) is 1. The van der Waals surface area contributed by atoms with Crippen molar-refractivity contribution in [3.05, 3.63) is 35.9 Å². The first-order valence-corrected chi connectivity index (χ1v) is 6.80. The molecule has 5 nitrogen and oxygen atoms in total. The van der Waals surface area contributed by atoms with Gasteiger partial charge < -0.3 is 14.7 Å². The summed E-state index contributed by atoms with van der Waals surface area (Å²) in [6, 6.07) is 7.40. The Morgan fingerprint density at radius 3 is 2.71 bits per heavy atom. The van der Waals surface area contributed by atoms with E-state index in [1.807, 2.05) is 24.3 Å². The minimum atomic E-state index is -0.855. The van der Waals surface area contributed by atoms with Gasteiger partial charge in [-0.05, 0) is 25.5 Å². The normalized spacial score (nSPS) is 21.7. The van der Waals surface area contributed by atoms with Crippen molar-refractivity contribution in [1.82, 2.24) is 4.90 Å². The number of methoxy groups -OCH3 is 1. The standard InChI is InChI=1S/C16H19NO4/c1-16(15(19)20)9-10-17(11-16)14(18)8-7-12-5-3-4-6-13(12)21-2/h3-8H,9-11H2,1-2H3,(H,19,20)/b8-7+/t16-/m1/s1. The molecule has 1 N–H and O–H groups in total. The molecule has 1 aromatic rings. The van der Waals surface area contributed by atoms with Gasteiger partial charge in [0.05, 0.1) is 12.5 Å². The van der Waals surface area contributed by atoms with E-state index in [-0.39, 0.29) is 12.5 Å². The molecule has 21 heavy (non-hydrogen) atoms. The van der Waals surface area contributed by atoms with E-state index in [0.717, 1.165) is 5.56 Å². The van der Waals surface area contributed by atoms with Crippen LogP contribution in [0.3, 0.4) is 0 Å². The van der Waals surface area contributed by atoms with Gasteiger partial charge in [-0.1, -0.05) is 18.2 Å². The average molecular weight is 289 g/mol. The zero-order valence-electron chi connectivity index (χ0n) is 12.2. The number of nitrogens with zero attached hydrogens (tertiary/aromatic N) is 1. The summed E-state index contributed by atoms with van der Waals surface area (Å²) in [5.41, 5.74) is -0.0259. The summed E-state index contributed by atoms with van der Waals surface area (Å²) in [7, 11) is 1.58. The number of likely N-dealkylation sites (tertiary alicyclic amines) is 1. The smallest absolute Gasteiger partial charge is 0.311 e. The Bertz CT molecular complexity index is 581. The number of benzene rings is 1. The number of carboxylic acids is 1. The molecule has 0 spiro atoms. The lowest BCUT2D eigenvalue weighted by Gasteiger charge is -2.19. The number of amides is 1. The Morgan fingerprint density at radius 1 is 1.38 bits per heavy atom. The number of aliphatic carboxylic acids is 1. The highest BCUT2D eigenvalue weighted by Gasteiger charge is 2.41. The molecule has 0 bridgehead atoms. The molecule has 1 heterocycles. The highest BCUT2D eigenvalue weighted by atomic mass is 16.5. The Morgan fingerprint density at radius 2 is 2.10 bits per heavy atom. The van der Waals surface area contributed by atoms with Crippen molar-refractivity contribution < 1.29 is 19.4 Å². The topological polar surface area (TPSA) is 66.8 Å². The molecule has 2 rings (SSSR count). The van der Waals surface area contributed by atoms with Gasteiger partial charge in [-0.2, -0.15) is 0 Å². The number of ether oxygens (including phenoxy) is 1. The van der Waals surface area contributed by atoms with Crippen molar-refractivity contribution in [2.75, 3.05) is 20.2 Å². The van der Waals surface area contributed by atoms with Crippen LogP contribution < -0.4 is 4.74 Å². The van der Waals surface area contributed by atoms with E-state index in [2.05, 4.69) is 0 Å². The zero-order valence-corrected chi connectivity index (χ0v) is 12.2. The van der Waals surface area contributed by atoms with Crippen molar-refractivity contribution in [1.29, 1.82) is 0 Å². The van der Waals surface area contributed by atoms with Crippen LogP contribution >= 0.6 is 0 Å². The third kappa shape index (κ3) is 3.24. The second-order valence-electron chi connectivity index (χ2n) is 5.45. The molecule has 1 fully saturated rings. The molecule has 1 atom stereocenters. The second-order valence-corrected chi connectivity index (χ2v) is 5.45. The van der Waals surface area contributed by atoms with E-state index in [0.29, 0.717) is 18.7 Å². The van der Waals surface area contributed by atoms with Crippen LogP contribution in [-0.4, -0.2) is 42.1 Å². The quantitative estimate of drug-likeness (QED) is 0.861. The van der Waals surface area contributed by atoms with Crippen LogP contribution in [0.2, 0.25) is 0 Å². The summed E-state index contributed by atoms with van der Waals surface area (Å²) in [5, 5.41) is 9.18. The molecule has 1 aromatic carbocycles. The largest absolute Gasteiger partial charge is 0.496 e. The maximum absolute atomic E-state index is 12.1. The zero-order chi connectivity index (χ0) is 15.5. The third-order valence-electron chi connectivity index (χ3n) is 3.85. The van der Waals surface area contributed by atoms with Crippen LogP contribution in [0.5, 0.6) is 5.75 Å². The van der Waals surface area contributed by atoms with Gasteiger partial charge >= 0.3 is 5.97 Å². The Labute approximate surface area is 123 Å². The summed E-state index contributed by atoms with van der Waals surface area (Å²) < 4.78 is 5.21. The van der Waals surface area contributed by atoms with Gasteiger partial charge in [0.1, 0.15) is 5.75 Å². The first kappa shape index (κ1) is 15.1. The summed E-state index contributed by atoms with van der Waals surface area (Å²) in [6.07, 6.45) is 3.64. The monoisotopic (exact) mass is 289 g/mol. The highest BCUT2D eigenvalue weighted by Crippen LogP contribution is 2.30. The lowest BCUT2D eigenvalue weighted by molar-refractivity contribution is -0.147. The van der Waals surface area contributed by atoms with Gasteiger partial charge in [0.2, 0.25) is 5.91 Å². The first-order valence-electron chi connectivity index (χ1n) is 6.80. The van der Waals surface area contributed by atoms with Crippen molar-refractivity contribution in [3.63, 3.8) is 0 Å². The Balaban J connectivity index is 2.06. The van der Waals surface area contributed by atoms with E-state index < -0.39 is 11.4 Å². The number of para-hydroxylation sites is 1. The molecule has 0 unspecified atom stereocenters. The van der Waals surface area contributed by atoms with Gasteiger partial charge in [0.25, 0.3) is 0 Å². The molecule has 0 aromatic heterocycles. The molecule has 1 saturated heterocycles. The minimum absolute atomic E-state index is 0.175. The average Bonchev–Trinajstić information content (AvgIpc) is 2.89. The fourth-order valence-corrected chi connectivity index (χ4v) is 2.39. The van der Waals surface area contributed by atoms with Gasteiger partial charge in [-0.15, -0.1) is 0 Å². The van der Waals surface area contributed by atoms with Gasteiger partial charge in [-0.3, -0.25) is 9.59 Å². The molecule has 112 valence electrons. The van der Waals surface area contributed by atoms with Crippen LogP contribution in [0.4, 0.5) is 0 Å². The molecule has 5 heteroatoms. The van der Waals surface area contributed by atoms with Gasteiger partial charge in [-0.25, -0.2) is 0 Å². The number of carbonyl (C=O) groups excluding carboxylic acids is 1. The second kappa shape index (κ2) is 5.99. The molecule has 0 radical (unpaired) electrons. The molecule has 0 aliphatic carbocycles. The first-order chi connectivity index (χ1) is 9.96. The van der Waals surface area contributed by atoms with Gasteiger partial charge in [0, 0.05) is 24.7 Å². The molecule has 1 amide bonds. The summed E-state index contributed by atoms with van der Waals surface area (Å²) >= 11 is 0. The van der Waals surface area contributed by atoms with Gasteiger partial charge in [0.15, 0.2) is 0 Å². The predicted molar refractivity (Wildman–Crippen MR) is 79.0 cm³/mol. The molecular weight excluding hydrogens is 270 g/mol. The lowest BCUT2D eigenvalue weighted by Crippen LogP contribution is -2.34. The van der Waals surface area contributed by atoms with Crippen LogP contribution in [0.1, 0.15) is 18.9 Å². The van der Waals surface area contributed by atoms with E-state index in [4.69, 9.17) is 4.74 Å². The van der Waals surface area contributed by atoms with Crippen LogP contribution in [0.15, 0.2) is 30.3 Å². The molecule has 1 aliphatic rings. The fourth-order valence-electron chi connectivity index (χ4n) is 2.39. The van der Waals surface area contributed by atoms with Crippen molar-refractivity contribution in [3.8, 4) is 5.75 Å². The highest BCUT2D eigenvalue weighted by molar-refractivity contribution is 5.93. The van der Waals surface area contributed by atoms with Crippen LogP contribution in [0, 0.1) is 5.41 Å². The SMILES string of the molecule is COc1ccccc1/C=C/C(=O)N1CC[C@@](C)(C(=O)O)C1. The fraction of sp³-hybridized carbons (Fsp3) is 0.375. The minimum Gasteiger partial charge on any atom is -0.496 e. The van der Waals surface area contributed by atoms with Crippen LogP contribution in [-0.2, 0) is 9.59 Å². The van der Waals surface area contributed by atoms with E-state index in [1.54, 1.807) is 25.0 Å². The Kier molecular flexibility index (Phi) is 4.31. The predicted octanol–water partition coefficient (Wildman–Crippen LogP) is 2.03. The van der Waals surface area contributed by atoms with Crippen molar-refractivity contribution in [2.45, 2.75) is 13.3 Å². The number of rotatable bonds is 4. The number of hydrogen-bond acceptors (Lipinski definition) is 3. The summed E-state index contributed by atoms with van der Waals surface area (Å²) in [6.45, 7) is 2.39. The maximum Gasteiger partial charge on any atom is 0.311 e. The molecular formula is C16H19NO4. The van der Waals surface area contributed by atoms with E-state index >= 15 is 0 Å². The molecule has 1 aliphatic heterocycles. The maximum atomic E-state index is 12.1. The third-order valence-corrected chi connectivity index (χ3v) is 3.85. The van der Waals surface area contributed by atoms with Crippen molar-refractivity contribution >= 4 is 18.0 Å². The summed E-state index contributed by atoms with van der Waals surface area (Å²) in [5.74, 6) is -0.337. The Hall–Kier alpha value is -2.30. The summed E-state index contributed by atoms with van der Waals surface area (Å²) in [4.78, 5) is 24.9. The van der Waals surface area contributed by atoms with Crippen molar-refractivity contribution in [2.24, 2.45) is 5.41 Å². The lowest BCUT2D eigenvalue weighted by atomic mass is 9.90. The number of carboxylic acid groups (broad SMARTS) is 1.